The first-order valence-electron chi connectivity index (χ1n) is 12.4. The highest BCUT2D eigenvalue weighted by molar-refractivity contribution is 7.92. The number of piperidine rings is 1. The van der Waals surface area contributed by atoms with Crippen LogP contribution in [0.15, 0.2) is 42.7 Å². The minimum atomic E-state index is -3.49. The zero-order valence-electron chi connectivity index (χ0n) is 21.5. The summed E-state index contributed by atoms with van der Waals surface area (Å²) in [4.78, 5) is 30.5. The van der Waals surface area contributed by atoms with Gasteiger partial charge in [0.05, 0.1) is 11.9 Å². The van der Waals surface area contributed by atoms with Gasteiger partial charge in [0, 0.05) is 60.9 Å². The van der Waals surface area contributed by atoms with Crippen molar-refractivity contribution < 1.29 is 17.6 Å². The fourth-order valence-electron chi connectivity index (χ4n) is 5.05. The van der Waals surface area contributed by atoms with Crippen LogP contribution in [0.3, 0.4) is 0 Å². The van der Waals surface area contributed by atoms with E-state index in [0.29, 0.717) is 35.9 Å². The van der Waals surface area contributed by atoms with Crippen molar-refractivity contribution in [3.63, 3.8) is 0 Å². The first kappa shape index (κ1) is 26.0. The summed E-state index contributed by atoms with van der Waals surface area (Å²) in [6, 6.07) is 8.30. The van der Waals surface area contributed by atoms with E-state index in [1.165, 1.54) is 18.3 Å². The van der Waals surface area contributed by atoms with E-state index in [9.17, 15) is 17.6 Å². The molecule has 2 aliphatic heterocycles. The number of hydrogen-bond acceptors (Lipinski definition) is 8. The number of sulfonamides is 1. The van der Waals surface area contributed by atoms with Gasteiger partial charge in [-0.2, -0.15) is 0 Å². The second-order valence-electron chi connectivity index (χ2n) is 9.99. The van der Waals surface area contributed by atoms with Crippen molar-refractivity contribution in [3.05, 3.63) is 70.9 Å². The van der Waals surface area contributed by atoms with E-state index >= 15 is 0 Å². The molecule has 0 unspecified atom stereocenters. The molecule has 200 valence electrons. The lowest BCUT2D eigenvalue weighted by Crippen LogP contribution is -2.50. The molecule has 4 heterocycles. The smallest absolute Gasteiger partial charge is 0.254 e. The van der Waals surface area contributed by atoms with E-state index in [0.717, 1.165) is 36.9 Å². The molecule has 0 aliphatic carbocycles. The molecule has 12 heteroatoms. The van der Waals surface area contributed by atoms with Crippen LogP contribution in [-0.4, -0.2) is 64.0 Å². The number of nitrogens with zero attached hydrogens (tertiary/aromatic N) is 5. The van der Waals surface area contributed by atoms with Crippen molar-refractivity contribution in [2.75, 3.05) is 22.8 Å². The van der Waals surface area contributed by atoms with Gasteiger partial charge in [0.2, 0.25) is 16.0 Å². The SMILES string of the molecule is Cc1ccc(Nc2ncc3c(n2)CN([C@H]2CCN(C(=O)c4ccnc(NS(C)(=O)=O)c4)[C@H](C)C2)C3)cc1F. The van der Waals surface area contributed by atoms with Crippen molar-refractivity contribution in [3.8, 4) is 0 Å². The molecular weight excluding hydrogens is 509 g/mol. The number of aromatic nitrogens is 3. The minimum Gasteiger partial charge on any atom is -0.336 e. The second kappa shape index (κ2) is 10.3. The monoisotopic (exact) mass is 539 g/mol. The molecule has 5 rings (SSSR count). The van der Waals surface area contributed by atoms with Crippen LogP contribution in [0.4, 0.5) is 21.8 Å². The molecule has 1 fully saturated rings. The lowest BCUT2D eigenvalue weighted by molar-refractivity contribution is 0.0460. The number of nitrogens with one attached hydrogen (secondary N) is 2. The predicted octanol–water partition coefficient (Wildman–Crippen LogP) is 3.44. The molecule has 2 aromatic heterocycles. The van der Waals surface area contributed by atoms with E-state index in [1.54, 1.807) is 25.1 Å². The third-order valence-electron chi connectivity index (χ3n) is 7.03. The Morgan fingerprint density at radius 3 is 2.71 bits per heavy atom. The van der Waals surface area contributed by atoms with E-state index in [2.05, 4.69) is 29.9 Å². The van der Waals surface area contributed by atoms with Crippen LogP contribution in [-0.2, 0) is 23.1 Å². The number of rotatable bonds is 6. The number of hydrogen-bond donors (Lipinski definition) is 2. The summed E-state index contributed by atoms with van der Waals surface area (Å²) in [5.74, 6) is 0.132. The molecule has 0 radical (unpaired) electrons. The second-order valence-corrected chi connectivity index (χ2v) is 11.7. The molecular formula is C26H30FN7O3S. The predicted molar refractivity (Wildman–Crippen MR) is 142 cm³/mol. The Balaban J connectivity index is 1.21. The average molecular weight is 540 g/mol. The van der Waals surface area contributed by atoms with Gasteiger partial charge in [-0.15, -0.1) is 0 Å². The maximum absolute atomic E-state index is 13.9. The summed E-state index contributed by atoms with van der Waals surface area (Å²) in [5, 5.41) is 3.09. The van der Waals surface area contributed by atoms with E-state index in [-0.39, 0.29) is 29.6 Å². The Morgan fingerprint density at radius 1 is 1.16 bits per heavy atom. The number of carbonyl (C=O) groups excluding carboxylic acids is 1. The van der Waals surface area contributed by atoms with Crippen LogP contribution in [0.25, 0.3) is 0 Å². The molecule has 2 atom stereocenters. The topological polar surface area (TPSA) is 120 Å². The summed E-state index contributed by atoms with van der Waals surface area (Å²) in [7, 11) is -3.49. The van der Waals surface area contributed by atoms with Gasteiger partial charge in [-0.05, 0) is 56.5 Å². The lowest BCUT2D eigenvalue weighted by atomic mass is 9.96. The average Bonchev–Trinajstić information content (AvgIpc) is 3.28. The normalized spacial score (nSPS) is 19.7. The van der Waals surface area contributed by atoms with Crippen molar-refractivity contribution in [1.82, 2.24) is 24.8 Å². The quantitative estimate of drug-likeness (QED) is 0.489. The Kier molecular flexibility index (Phi) is 7.01. The third kappa shape index (κ3) is 5.76. The van der Waals surface area contributed by atoms with Gasteiger partial charge in [-0.1, -0.05) is 6.07 Å². The Morgan fingerprint density at radius 2 is 1.97 bits per heavy atom. The number of likely N-dealkylation sites (tertiary alicyclic amines) is 1. The molecule has 1 amide bonds. The van der Waals surface area contributed by atoms with Gasteiger partial charge >= 0.3 is 0 Å². The van der Waals surface area contributed by atoms with Gasteiger partial charge in [-0.3, -0.25) is 14.4 Å². The van der Waals surface area contributed by atoms with Crippen LogP contribution >= 0.6 is 0 Å². The maximum atomic E-state index is 13.9. The van der Waals surface area contributed by atoms with E-state index in [1.807, 2.05) is 18.0 Å². The zero-order chi connectivity index (χ0) is 27.0. The van der Waals surface area contributed by atoms with Gasteiger partial charge in [0.1, 0.15) is 11.6 Å². The highest BCUT2D eigenvalue weighted by Crippen LogP contribution is 2.31. The Bertz CT molecular complexity index is 1480. The Hall–Kier alpha value is -3.64. The van der Waals surface area contributed by atoms with Gasteiger partial charge < -0.3 is 10.2 Å². The summed E-state index contributed by atoms with van der Waals surface area (Å²) < 4.78 is 39.3. The molecule has 0 saturated carbocycles. The summed E-state index contributed by atoms with van der Waals surface area (Å²) >= 11 is 0. The maximum Gasteiger partial charge on any atom is 0.254 e. The highest BCUT2D eigenvalue weighted by Gasteiger charge is 2.35. The van der Waals surface area contributed by atoms with Crippen molar-refractivity contribution >= 4 is 33.4 Å². The van der Waals surface area contributed by atoms with Crippen molar-refractivity contribution in [2.45, 2.75) is 51.9 Å². The van der Waals surface area contributed by atoms with Crippen molar-refractivity contribution in [1.29, 1.82) is 0 Å². The first-order chi connectivity index (χ1) is 18.1. The fraction of sp³-hybridized carbons (Fsp3) is 0.385. The number of anilines is 3. The van der Waals surface area contributed by atoms with E-state index < -0.39 is 10.0 Å². The molecule has 10 nitrogen and oxygen atoms in total. The van der Waals surface area contributed by atoms with E-state index in [4.69, 9.17) is 0 Å². The van der Waals surface area contributed by atoms with Gasteiger partial charge in [0.15, 0.2) is 0 Å². The summed E-state index contributed by atoms with van der Waals surface area (Å²) in [5.41, 5.74) is 3.59. The van der Waals surface area contributed by atoms with Crippen LogP contribution < -0.4 is 10.0 Å². The zero-order valence-corrected chi connectivity index (χ0v) is 22.3. The molecule has 1 saturated heterocycles. The number of halogens is 1. The number of carbonyl (C=O) groups is 1. The summed E-state index contributed by atoms with van der Waals surface area (Å²) in [6.07, 6.45) is 5.91. The molecule has 2 N–H and O–H groups in total. The molecule has 1 aromatic carbocycles. The molecule has 0 spiro atoms. The Labute approximate surface area is 221 Å². The highest BCUT2D eigenvalue weighted by atomic mass is 32.2. The van der Waals surface area contributed by atoms with Crippen LogP contribution in [0.5, 0.6) is 0 Å². The molecule has 2 aliphatic rings. The largest absolute Gasteiger partial charge is 0.336 e. The van der Waals surface area contributed by atoms with Crippen LogP contribution in [0.2, 0.25) is 0 Å². The third-order valence-corrected chi connectivity index (χ3v) is 7.61. The number of aryl methyl sites for hydroxylation is 1. The molecule has 3 aromatic rings. The molecule has 38 heavy (non-hydrogen) atoms. The van der Waals surface area contributed by atoms with Gasteiger partial charge in [0.25, 0.3) is 5.91 Å². The lowest BCUT2D eigenvalue weighted by Gasteiger charge is -2.41. The number of benzene rings is 1. The fourth-order valence-corrected chi connectivity index (χ4v) is 5.54. The summed E-state index contributed by atoms with van der Waals surface area (Å²) in [6.45, 7) is 5.77. The number of pyridine rings is 1. The standard InChI is InChI=1S/C26H30FN7O3S/c1-16-4-5-20(12-22(16)27)30-26-29-13-19-14-33(15-23(19)31-26)21-7-9-34(17(2)10-21)25(35)18-6-8-28-24(11-18)32-38(3,36)37/h4-6,8,11-13,17,21H,7,9-10,14-15H2,1-3H3,(H,28,32)(H,29,30,31)/t17-,21+/m1/s1. The molecule has 0 bridgehead atoms. The van der Waals surface area contributed by atoms with Crippen LogP contribution in [0.1, 0.15) is 46.9 Å². The van der Waals surface area contributed by atoms with Crippen molar-refractivity contribution in [2.24, 2.45) is 0 Å². The number of amides is 1. The first-order valence-corrected chi connectivity index (χ1v) is 14.3. The van der Waals surface area contributed by atoms with Crippen LogP contribution in [0, 0.1) is 12.7 Å². The van der Waals surface area contributed by atoms with Gasteiger partial charge in [-0.25, -0.2) is 27.8 Å². The number of fused-ring (bicyclic) bond motifs is 1. The minimum absolute atomic E-state index is 0.00388.